The minimum absolute atomic E-state index is 0. The second-order valence-corrected chi connectivity index (χ2v) is 3.09. The molecule has 3 nitrogen and oxygen atoms in total. The number of allylic oxidation sites excluding steroid dienone is 6. The Labute approximate surface area is 130 Å². The fourth-order valence-corrected chi connectivity index (χ4v) is 1.46. The van der Waals surface area contributed by atoms with E-state index >= 15 is 0 Å². The zero-order valence-electron chi connectivity index (χ0n) is 10.6. The zero-order chi connectivity index (χ0) is 14.9. The molecular weight excluding hydrogens is 292 g/mol. The summed E-state index contributed by atoms with van der Waals surface area (Å²) in [5.74, 6) is 0.427. The van der Waals surface area contributed by atoms with Gasteiger partial charge in [-0.15, -0.1) is 0 Å². The van der Waals surface area contributed by atoms with Gasteiger partial charge in [0.25, 0.3) is 0 Å². The molecule has 1 aromatic carbocycles. The SMILES string of the molecule is C1=CC=CC(c2ccccc2)C=C1.[C-]#[O+].[C-]#[O+].[C-]#[O+].[Cr]. The third-order valence-corrected chi connectivity index (χ3v) is 2.15. The Kier molecular flexibility index (Phi) is 22.8. The van der Waals surface area contributed by atoms with Crippen LogP contribution in [0.1, 0.15) is 11.5 Å². The number of rotatable bonds is 1. The van der Waals surface area contributed by atoms with Crippen molar-refractivity contribution in [2.45, 2.75) is 5.92 Å². The summed E-state index contributed by atoms with van der Waals surface area (Å²) < 4.78 is 22.5. The van der Waals surface area contributed by atoms with E-state index in [2.05, 4.69) is 80.7 Å². The fraction of sp³-hybridized carbons (Fsp3) is 0.0625. The van der Waals surface area contributed by atoms with Gasteiger partial charge in [0.2, 0.25) is 0 Å². The first-order chi connectivity index (χ1) is 9.47. The molecule has 0 aliphatic heterocycles. The topological polar surface area (TPSA) is 59.7 Å². The molecule has 100 valence electrons. The molecule has 1 aromatic rings. The maximum Gasteiger partial charge on any atom is 0 e. The molecule has 0 heterocycles. The van der Waals surface area contributed by atoms with Gasteiger partial charge in [0, 0.05) is 23.3 Å². The third-order valence-electron chi connectivity index (χ3n) is 2.15. The molecule has 4 heteroatoms. The Morgan fingerprint density at radius 2 is 1.05 bits per heavy atom. The zero-order valence-corrected chi connectivity index (χ0v) is 11.8. The molecule has 20 heavy (non-hydrogen) atoms. The summed E-state index contributed by atoms with van der Waals surface area (Å²) in [5, 5.41) is 0. The van der Waals surface area contributed by atoms with Crippen molar-refractivity contribution in [3.63, 3.8) is 0 Å². The summed E-state index contributed by atoms with van der Waals surface area (Å²) >= 11 is 0. The summed E-state index contributed by atoms with van der Waals surface area (Å²) in [4.78, 5) is 0. The first-order valence-corrected chi connectivity index (χ1v) is 5.15. The summed E-state index contributed by atoms with van der Waals surface area (Å²) in [7, 11) is 0. The van der Waals surface area contributed by atoms with Crippen LogP contribution in [-0.4, -0.2) is 0 Å². The Morgan fingerprint density at radius 3 is 1.45 bits per heavy atom. The van der Waals surface area contributed by atoms with Crippen LogP contribution in [-0.2, 0) is 31.3 Å². The van der Waals surface area contributed by atoms with Gasteiger partial charge in [-0.25, -0.2) is 0 Å². The van der Waals surface area contributed by atoms with Crippen LogP contribution in [0.4, 0.5) is 0 Å². The van der Waals surface area contributed by atoms with Crippen molar-refractivity contribution in [3.05, 3.63) is 92.3 Å². The predicted molar refractivity (Wildman–Crippen MR) is 68.4 cm³/mol. The van der Waals surface area contributed by atoms with E-state index in [0.717, 1.165) is 0 Å². The van der Waals surface area contributed by atoms with E-state index in [4.69, 9.17) is 14.0 Å². The normalized spacial score (nSPS) is 10.7. The standard InChI is InChI=1S/C13H12.3CO.Cr/c1-2-5-9-12(8-4-1)13-10-6-3-7-11-13;3*1-2;/h1-12H;;;;. The van der Waals surface area contributed by atoms with Crippen LogP contribution in [0.5, 0.6) is 0 Å². The van der Waals surface area contributed by atoms with Crippen molar-refractivity contribution in [1.29, 1.82) is 0 Å². The van der Waals surface area contributed by atoms with Crippen LogP contribution in [0, 0.1) is 20.0 Å². The molecule has 0 unspecified atom stereocenters. The Bertz CT molecular complexity index is 437. The van der Waals surface area contributed by atoms with Crippen LogP contribution in [0.25, 0.3) is 0 Å². The maximum absolute atomic E-state index is 7.50. The van der Waals surface area contributed by atoms with E-state index in [1.54, 1.807) is 0 Å². The second-order valence-electron chi connectivity index (χ2n) is 3.09. The van der Waals surface area contributed by atoms with Crippen LogP contribution in [0.2, 0.25) is 0 Å². The molecule has 0 amide bonds. The minimum Gasteiger partial charge on any atom is 0 e. The van der Waals surface area contributed by atoms with Crippen molar-refractivity contribution in [3.8, 4) is 0 Å². The molecule has 0 radical (unpaired) electrons. The first-order valence-electron chi connectivity index (χ1n) is 5.15. The van der Waals surface area contributed by atoms with Crippen LogP contribution < -0.4 is 0 Å². The number of hydrogen-bond acceptors (Lipinski definition) is 0. The summed E-state index contributed by atoms with van der Waals surface area (Å²) in [6.45, 7) is 13.5. The average Bonchev–Trinajstić information content (AvgIpc) is 2.83. The van der Waals surface area contributed by atoms with E-state index in [9.17, 15) is 0 Å². The molecule has 1 aliphatic carbocycles. The van der Waals surface area contributed by atoms with Gasteiger partial charge in [0.1, 0.15) is 0 Å². The van der Waals surface area contributed by atoms with E-state index < -0.39 is 0 Å². The molecule has 0 atom stereocenters. The van der Waals surface area contributed by atoms with E-state index in [1.165, 1.54) is 5.56 Å². The van der Waals surface area contributed by atoms with E-state index in [-0.39, 0.29) is 17.4 Å². The van der Waals surface area contributed by atoms with Gasteiger partial charge in [0.15, 0.2) is 0 Å². The molecule has 0 spiro atoms. The van der Waals surface area contributed by atoms with Gasteiger partial charge in [0.05, 0.1) is 0 Å². The van der Waals surface area contributed by atoms with Crippen LogP contribution in [0.3, 0.4) is 0 Å². The van der Waals surface area contributed by atoms with Gasteiger partial charge in [-0.2, -0.15) is 0 Å². The molecule has 0 bridgehead atoms. The summed E-state index contributed by atoms with van der Waals surface area (Å²) in [6, 6.07) is 10.5. The average molecular weight is 304 g/mol. The van der Waals surface area contributed by atoms with Crippen molar-refractivity contribution < 1.29 is 31.3 Å². The monoisotopic (exact) mass is 304 g/mol. The van der Waals surface area contributed by atoms with Gasteiger partial charge in [-0.1, -0.05) is 66.8 Å². The molecule has 0 saturated carbocycles. The molecule has 0 aromatic heterocycles. The summed E-state index contributed by atoms with van der Waals surface area (Å²) in [6.07, 6.45) is 12.7. The largest absolute Gasteiger partial charge is 0 e. The van der Waals surface area contributed by atoms with Crippen molar-refractivity contribution in [2.75, 3.05) is 0 Å². The molecular formula is C16H12CrO3. The number of benzene rings is 1. The smallest absolute Gasteiger partial charge is 0 e. The Balaban J connectivity index is -0.000000368. The maximum atomic E-state index is 7.50. The molecule has 2 rings (SSSR count). The quantitative estimate of drug-likeness (QED) is 0.564. The summed E-state index contributed by atoms with van der Waals surface area (Å²) in [5.41, 5.74) is 1.35. The van der Waals surface area contributed by atoms with Crippen molar-refractivity contribution >= 4 is 0 Å². The third kappa shape index (κ3) is 10.1. The van der Waals surface area contributed by atoms with Gasteiger partial charge in [-0.05, 0) is 5.56 Å². The minimum atomic E-state index is 0. The van der Waals surface area contributed by atoms with Crippen molar-refractivity contribution in [1.82, 2.24) is 0 Å². The second kappa shape index (κ2) is 19.5. The van der Waals surface area contributed by atoms with Gasteiger partial charge < -0.3 is 0 Å². The van der Waals surface area contributed by atoms with Gasteiger partial charge >= 0.3 is 33.9 Å². The molecule has 0 saturated heterocycles. The Hall–Kier alpha value is -1.81. The molecule has 1 aliphatic rings. The van der Waals surface area contributed by atoms with Gasteiger partial charge in [-0.3, -0.25) is 0 Å². The van der Waals surface area contributed by atoms with E-state index in [1.807, 2.05) is 6.07 Å². The number of hydrogen-bond donors (Lipinski definition) is 0. The molecule has 0 fully saturated rings. The van der Waals surface area contributed by atoms with E-state index in [0.29, 0.717) is 5.92 Å². The fourth-order valence-electron chi connectivity index (χ4n) is 1.46. The first kappa shape index (κ1) is 23.3. The molecule has 0 N–H and O–H groups in total. The van der Waals surface area contributed by atoms with Crippen LogP contribution >= 0.6 is 0 Å². The Morgan fingerprint density at radius 1 is 0.650 bits per heavy atom. The van der Waals surface area contributed by atoms with Crippen molar-refractivity contribution in [2.24, 2.45) is 0 Å². The van der Waals surface area contributed by atoms with Crippen LogP contribution in [0.15, 0.2) is 66.8 Å². The predicted octanol–water partition coefficient (Wildman–Crippen LogP) is 3.34.